The summed E-state index contributed by atoms with van der Waals surface area (Å²) in [6, 6.07) is 36.9. The molecule has 8 rings (SSSR count). The number of pyridine rings is 2. The maximum absolute atomic E-state index is 13.0. The molecule has 4 aromatic carbocycles. The highest BCUT2D eigenvalue weighted by atomic mass is 16.5. The number of ether oxygens (including phenoxy) is 2. The lowest BCUT2D eigenvalue weighted by molar-refractivity contribution is 0.0471. The Morgan fingerprint density at radius 2 is 0.925 bits per heavy atom. The van der Waals surface area contributed by atoms with Crippen molar-refractivity contribution in [3.63, 3.8) is 0 Å². The molecule has 0 radical (unpaired) electrons. The highest BCUT2D eigenvalue weighted by Crippen LogP contribution is 2.32. The predicted molar refractivity (Wildman–Crippen MR) is 209 cm³/mol. The van der Waals surface area contributed by atoms with Crippen LogP contribution in [0.25, 0.3) is 43.6 Å². The largest absolute Gasteiger partial charge is 0.461 e. The number of fused-ring (bicyclic) bond motifs is 6. The Labute approximate surface area is 307 Å². The fourth-order valence-electron chi connectivity index (χ4n) is 7.23. The predicted octanol–water partition coefficient (Wildman–Crippen LogP) is 9.59. The maximum atomic E-state index is 13.0. The average Bonchev–Trinajstić information content (AvgIpc) is 3.67. The van der Waals surface area contributed by atoms with Gasteiger partial charge in [-0.25, -0.2) is 19.6 Å². The molecular formula is C45H40N4O4. The van der Waals surface area contributed by atoms with E-state index in [2.05, 4.69) is 93.6 Å². The van der Waals surface area contributed by atoms with Gasteiger partial charge in [0, 0.05) is 45.7 Å². The highest BCUT2D eigenvalue weighted by molar-refractivity contribution is 6.10. The number of aromatic nitrogens is 4. The summed E-state index contributed by atoms with van der Waals surface area (Å²) in [6.45, 7) is 6.18. The Balaban J connectivity index is 0.855. The number of esters is 2. The maximum Gasteiger partial charge on any atom is 0.356 e. The SMILES string of the molecule is Cc1ccccc1Cn1c2ccccc2c2cc(C(=O)OCCCCCOC(=O)c3cc4c5ccccc5n(Cc5ccccc5C)c4cn3)ncc21. The second-order valence-electron chi connectivity index (χ2n) is 13.6. The summed E-state index contributed by atoms with van der Waals surface area (Å²) in [5.74, 6) is -0.897. The first-order chi connectivity index (χ1) is 26.0. The summed E-state index contributed by atoms with van der Waals surface area (Å²) in [7, 11) is 0. The van der Waals surface area contributed by atoms with Gasteiger partial charge in [-0.1, -0.05) is 84.9 Å². The molecule has 0 aliphatic carbocycles. The van der Waals surface area contributed by atoms with Crippen LogP contribution in [0.2, 0.25) is 0 Å². The summed E-state index contributed by atoms with van der Waals surface area (Å²) in [4.78, 5) is 35.0. The number of benzene rings is 4. The number of aryl methyl sites for hydroxylation is 2. The number of carbonyl (C=O) groups excluding carboxylic acids is 2. The molecule has 8 aromatic rings. The summed E-state index contributed by atoms with van der Waals surface area (Å²) < 4.78 is 15.7. The van der Waals surface area contributed by atoms with Crippen molar-refractivity contribution in [2.45, 2.75) is 46.2 Å². The number of para-hydroxylation sites is 2. The van der Waals surface area contributed by atoms with Gasteiger partial charge in [0.15, 0.2) is 0 Å². The lowest BCUT2D eigenvalue weighted by Crippen LogP contribution is -2.10. The van der Waals surface area contributed by atoms with Crippen molar-refractivity contribution in [3.05, 3.63) is 155 Å². The normalized spacial score (nSPS) is 11.5. The van der Waals surface area contributed by atoms with E-state index >= 15 is 0 Å². The molecular weight excluding hydrogens is 661 g/mol. The molecule has 0 N–H and O–H groups in total. The quantitative estimate of drug-likeness (QED) is 0.0932. The van der Waals surface area contributed by atoms with Crippen LogP contribution in [0.1, 0.15) is 62.5 Å². The fraction of sp³-hybridized carbons (Fsp3) is 0.200. The van der Waals surface area contributed by atoms with Crippen molar-refractivity contribution < 1.29 is 19.1 Å². The van der Waals surface area contributed by atoms with Crippen molar-refractivity contribution in [1.82, 2.24) is 19.1 Å². The minimum absolute atomic E-state index is 0.256. The molecule has 4 heterocycles. The molecule has 0 fully saturated rings. The third kappa shape index (κ3) is 6.76. The molecule has 0 spiro atoms. The second kappa shape index (κ2) is 14.8. The summed E-state index contributed by atoms with van der Waals surface area (Å²) in [5.41, 5.74) is 9.64. The Kier molecular flexibility index (Phi) is 9.42. The van der Waals surface area contributed by atoms with Gasteiger partial charge >= 0.3 is 11.9 Å². The van der Waals surface area contributed by atoms with Gasteiger partial charge in [-0.2, -0.15) is 0 Å². The first-order valence-electron chi connectivity index (χ1n) is 18.1. The molecule has 53 heavy (non-hydrogen) atoms. The number of rotatable bonds is 12. The first kappa shape index (κ1) is 33.8. The van der Waals surface area contributed by atoms with E-state index in [1.807, 2.05) is 48.5 Å². The van der Waals surface area contributed by atoms with Gasteiger partial charge in [-0.05, 0) is 79.6 Å². The van der Waals surface area contributed by atoms with Crippen molar-refractivity contribution in [2.75, 3.05) is 13.2 Å². The second-order valence-corrected chi connectivity index (χ2v) is 13.6. The van der Waals surface area contributed by atoms with Crippen LogP contribution in [-0.4, -0.2) is 44.3 Å². The van der Waals surface area contributed by atoms with Crippen molar-refractivity contribution >= 4 is 55.6 Å². The topological polar surface area (TPSA) is 88.2 Å². The smallest absolute Gasteiger partial charge is 0.356 e. The summed E-state index contributed by atoms with van der Waals surface area (Å²) in [5, 5.41) is 4.09. The van der Waals surface area contributed by atoms with Gasteiger partial charge in [-0.15, -0.1) is 0 Å². The van der Waals surface area contributed by atoms with Crippen molar-refractivity contribution in [3.8, 4) is 0 Å². The van der Waals surface area contributed by atoms with Gasteiger partial charge in [0.25, 0.3) is 0 Å². The lowest BCUT2D eigenvalue weighted by Gasteiger charge is -2.10. The van der Waals surface area contributed by atoms with E-state index < -0.39 is 11.9 Å². The van der Waals surface area contributed by atoms with E-state index in [9.17, 15) is 9.59 Å². The average molecular weight is 701 g/mol. The number of unbranched alkanes of at least 4 members (excludes halogenated alkanes) is 2. The lowest BCUT2D eigenvalue weighted by atomic mass is 10.1. The summed E-state index contributed by atoms with van der Waals surface area (Å²) >= 11 is 0. The zero-order chi connectivity index (χ0) is 36.3. The molecule has 0 saturated heterocycles. The molecule has 0 atom stereocenters. The van der Waals surface area contributed by atoms with E-state index in [-0.39, 0.29) is 24.6 Å². The highest BCUT2D eigenvalue weighted by Gasteiger charge is 2.18. The minimum atomic E-state index is -0.448. The van der Waals surface area contributed by atoms with Crippen LogP contribution in [0.15, 0.2) is 122 Å². The third-order valence-corrected chi connectivity index (χ3v) is 10.2. The standard InChI is InChI=1S/C45H40N4O4/c1-30-14-4-6-16-32(30)28-48-40-20-10-8-18-34(40)36-24-38(46-26-42(36)48)44(50)52-22-12-3-13-23-53-45(51)39-25-37-35-19-9-11-21-41(35)49(43(37)27-47-39)29-33-17-7-5-15-31(33)2/h4-11,14-21,24-27H,3,12-13,22-23,28-29H2,1-2H3. The number of hydrogen-bond acceptors (Lipinski definition) is 6. The molecule has 8 heteroatoms. The zero-order valence-electron chi connectivity index (χ0n) is 29.9. The Hall–Kier alpha value is -6.28. The zero-order valence-corrected chi connectivity index (χ0v) is 29.9. The molecule has 4 aromatic heterocycles. The van der Waals surface area contributed by atoms with Crippen LogP contribution >= 0.6 is 0 Å². The Bertz CT molecular complexity index is 2450. The fourth-order valence-corrected chi connectivity index (χ4v) is 7.23. The van der Waals surface area contributed by atoms with E-state index in [0.717, 1.165) is 50.0 Å². The third-order valence-electron chi connectivity index (χ3n) is 10.2. The number of hydrogen-bond donors (Lipinski definition) is 0. The van der Waals surface area contributed by atoms with Crippen LogP contribution in [-0.2, 0) is 22.6 Å². The van der Waals surface area contributed by atoms with Gasteiger partial charge < -0.3 is 18.6 Å². The van der Waals surface area contributed by atoms with E-state index in [1.165, 1.54) is 22.3 Å². The molecule has 0 saturated carbocycles. The molecule has 0 unspecified atom stereocenters. The van der Waals surface area contributed by atoms with Gasteiger partial charge in [0.1, 0.15) is 11.4 Å². The van der Waals surface area contributed by atoms with Crippen LogP contribution in [0.5, 0.6) is 0 Å². The molecule has 0 amide bonds. The van der Waals surface area contributed by atoms with Gasteiger partial charge in [0.05, 0.1) is 36.6 Å². The molecule has 8 nitrogen and oxygen atoms in total. The van der Waals surface area contributed by atoms with Gasteiger partial charge in [-0.3, -0.25) is 0 Å². The number of nitrogens with zero attached hydrogens (tertiary/aromatic N) is 4. The van der Waals surface area contributed by atoms with E-state index in [1.54, 1.807) is 12.4 Å². The minimum Gasteiger partial charge on any atom is -0.461 e. The van der Waals surface area contributed by atoms with E-state index in [0.29, 0.717) is 25.9 Å². The van der Waals surface area contributed by atoms with Crippen LogP contribution in [0.4, 0.5) is 0 Å². The molecule has 264 valence electrons. The molecule has 0 bridgehead atoms. The first-order valence-corrected chi connectivity index (χ1v) is 18.1. The van der Waals surface area contributed by atoms with Crippen molar-refractivity contribution in [2.24, 2.45) is 0 Å². The van der Waals surface area contributed by atoms with Crippen LogP contribution < -0.4 is 0 Å². The van der Waals surface area contributed by atoms with Crippen LogP contribution in [0, 0.1) is 13.8 Å². The molecule has 0 aliphatic heterocycles. The molecule has 0 aliphatic rings. The Morgan fingerprint density at radius 1 is 0.509 bits per heavy atom. The summed E-state index contributed by atoms with van der Waals surface area (Å²) in [6.07, 6.45) is 5.57. The number of carbonyl (C=O) groups is 2. The van der Waals surface area contributed by atoms with Crippen molar-refractivity contribution in [1.29, 1.82) is 0 Å². The van der Waals surface area contributed by atoms with Gasteiger partial charge in [0.2, 0.25) is 0 Å². The van der Waals surface area contributed by atoms with Crippen LogP contribution in [0.3, 0.4) is 0 Å². The monoisotopic (exact) mass is 700 g/mol. The Morgan fingerprint density at radius 3 is 1.38 bits per heavy atom. The van der Waals surface area contributed by atoms with E-state index in [4.69, 9.17) is 9.47 Å².